The van der Waals surface area contributed by atoms with Gasteiger partial charge in [-0.1, -0.05) is 154 Å². The van der Waals surface area contributed by atoms with Gasteiger partial charge in [0, 0.05) is 0 Å². The molecule has 1 aromatic rings. The molecule has 0 aliphatic carbocycles. The summed E-state index contributed by atoms with van der Waals surface area (Å²) in [6.45, 7) is 6.24. The molecule has 0 saturated carbocycles. The van der Waals surface area contributed by atoms with Gasteiger partial charge in [-0.15, -0.1) is 12.6 Å². The van der Waals surface area contributed by atoms with Crippen molar-refractivity contribution in [1.82, 2.24) is 0 Å². The molecule has 1 N–H and O–H groups in total. The minimum Gasteiger partial charge on any atom is -0.456 e. The zero-order valence-corrected chi connectivity index (χ0v) is 27.7. The number of rotatable bonds is 27. The van der Waals surface area contributed by atoms with E-state index in [-0.39, 0.29) is 6.61 Å². The highest BCUT2D eigenvalue weighted by atomic mass is 32.1. The summed E-state index contributed by atoms with van der Waals surface area (Å²) < 4.78 is 28.5. The third-order valence-corrected chi connectivity index (χ3v) is 8.38. The SMILES string of the molecule is CCCCCCCCCCCC(CCCCCCC)CC(S)OC(CC)OC(O)(P=O)C(=O)OCc1ccccc1. The van der Waals surface area contributed by atoms with E-state index in [2.05, 4.69) is 13.8 Å². The van der Waals surface area contributed by atoms with E-state index in [1.807, 2.05) is 25.1 Å². The fraction of sp³-hybridized carbons (Fsp3) is 0.788. The number of aliphatic hydroxyl groups is 1. The summed E-state index contributed by atoms with van der Waals surface area (Å²) in [5.41, 5.74) is -2.32. The molecule has 0 heterocycles. The van der Waals surface area contributed by atoms with Gasteiger partial charge in [-0.25, -0.2) is 4.79 Å². The number of carbonyl (C=O) groups is 1. The summed E-state index contributed by atoms with van der Waals surface area (Å²) in [7, 11) is -0.908. The summed E-state index contributed by atoms with van der Waals surface area (Å²) in [6, 6.07) is 9.08. The normalized spacial score (nSPS) is 15.3. The summed E-state index contributed by atoms with van der Waals surface area (Å²) in [5.74, 6) is -0.625. The van der Waals surface area contributed by atoms with Crippen molar-refractivity contribution in [3.63, 3.8) is 0 Å². The summed E-state index contributed by atoms with van der Waals surface area (Å²) in [6.07, 6.45) is 20.5. The van der Waals surface area contributed by atoms with Crippen molar-refractivity contribution < 1.29 is 28.7 Å². The predicted octanol–water partition coefficient (Wildman–Crippen LogP) is 9.98. The Balaban J connectivity index is 2.57. The molecule has 0 spiro atoms. The Bertz CT molecular complexity index is 782. The van der Waals surface area contributed by atoms with Gasteiger partial charge < -0.3 is 19.3 Å². The molecule has 6 nitrogen and oxygen atoms in total. The van der Waals surface area contributed by atoms with Gasteiger partial charge in [0.15, 0.2) is 6.29 Å². The Hall–Kier alpha value is -0.980. The second-order valence-corrected chi connectivity index (χ2v) is 12.6. The first-order valence-corrected chi connectivity index (χ1v) is 17.5. The van der Waals surface area contributed by atoms with Crippen LogP contribution in [-0.2, 0) is 30.2 Å². The van der Waals surface area contributed by atoms with Crippen LogP contribution in [0.15, 0.2) is 30.3 Å². The number of ether oxygens (including phenoxy) is 3. The molecular formula is C33H57O6PS. The standard InChI is InChI=1S/C33H57O6PS/c1-4-7-9-11-12-13-14-16-19-23-28(22-18-15-10-8-5-2)26-31(41)38-30(6-3)39-33(35,40-36)32(34)37-27-29-24-20-17-21-25-29/h17,20-21,24-25,28,30-31,35,41H,4-16,18-19,22-23,26-27H2,1-3H3. The third kappa shape index (κ3) is 18.3. The highest BCUT2D eigenvalue weighted by Crippen LogP contribution is 2.30. The molecule has 1 rings (SSSR count). The number of hydrogen-bond acceptors (Lipinski definition) is 7. The van der Waals surface area contributed by atoms with E-state index >= 15 is 0 Å². The van der Waals surface area contributed by atoms with Crippen LogP contribution < -0.4 is 0 Å². The van der Waals surface area contributed by atoms with E-state index in [1.54, 1.807) is 12.1 Å². The van der Waals surface area contributed by atoms with Gasteiger partial charge in [-0.3, -0.25) is 4.57 Å². The van der Waals surface area contributed by atoms with Crippen molar-refractivity contribution in [3.8, 4) is 0 Å². The molecule has 0 saturated heterocycles. The van der Waals surface area contributed by atoms with Crippen LogP contribution in [0, 0.1) is 5.92 Å². The number of carbonyl (C=O) groups excluding carboxylic acids is 1. The van der Waals surface area contributed by atoms with Gasteiger partial charge in [0.2, 0.25) is 8.46 Å². The average molecular weight is 613 g/mol. The van der Waals surface area contributed by atoms with Gasteiger partial charge in [0.05, 0.1) is 0 Å². The van der Waals surface area contributed by atoms with Crippen molar-refractivity contribution >= 4 is 27.1 Å². The lowest BCUT2D eigenvalue weighted by Gasteiger charge is -2.28. The van der Waals surface area contributed by atoms with Gasteiger partial charge in [-0.05, 0) is 24.3 Å². The maximum absolute atomic E-state index is 12.6. The topological polar surface area (TPSA) is 82.1 Å². The predicted molar refractivity (Wildman–Crippen MR) is 171 cm³/mol. The van der Waals surface area contributed by atoms with Crippen molar-refractivity contribution in [2.75, 3.05) is 0 Å². The molecule has 0 aliphatic heterocycles. The summed E-state index contributed by atoms with van der Waals surface area (Å²) >= 11 is 4.70. The van der Waals surface area contributed by atoms with E-state index in [9.17, 15) is 14.5 Å². The molecule has 4 unspecified atom stereocenters. The van der Waals surface area contributed by atoms with E-state index < -0.39 is 31.7 Å². The number of esters is 1. The lowest BCUT2D eigenvalue weighted by Crippen LogP contribution is -2.42. The zero-order valence-electron chi connectivity index (χ0n) is 25.9. The van der Waals surface area contributed by atoms with Gasteiger partial charge in [-0.2, -0.15) is 0 Å². The molecule has 236 valence electrons. The van der Waals surface area contributed by atoms with Gasteiger partial charge in [0.1, 0.15) is 12.0 Å². The molecule has 0 bridgehead atoms. The maximum atomic E-state index is 12.6. The van der Waals surface area contributed by atoms with Crippen LogP contribution in [0.1, 0.15) is 142 Å². The number of unbranched alkanes of at least 4 members (excludes halogenated alkanes) is 12. The molecule has 0 aliphatic rings. The monoisotopic (exact) mass is 612 g/mol. The molecular weight excluding hydrogens is 555 g/mol. The lowest BCUT2D eigenvalue weighted by atomic mass is 9.91. The highest BCUT2D eigenvalue weighted by Gasteiger charge is 2.43. The van der Waals surface area contributed by atoms with Crippen LogP contribution in [0.2, 0.25) is 0 Å². The Morgan fingerprint density at radius 2 is 1.37 bits per heavy atom. The summed E-state index contributed by atoms with van der Waals surface area (Å²) in [5, 5.41) is 10.7. The van der Waals surface area contributed by atoms with Crippen LogP contribution >= 0.6 is 21.1 Å². The fourth-order valence-electron chi connectivity index (χ4n) is 4.99. The van der Waals surface area contributed by atoms with Crippen molar-refractivity contribution in [3.05, 3.63) is 35.9 Å². The first kappa shape index (κ1) is 38.0. The molecule has 4 atom stereocenters. The second kappa shape index (κ2) is 24.5. The van der Waals surface area contributed by atoms with Gasteiger partial charge in [0.25, 0.3) is 0 Å². The number of hydrogen-bond donors (Lipinski definition) is 2. The summed E-state index contributed by atoms with van der Waals surface area (Å²) in [4.78, 5) is 12.6. The first-order chi connectivity index (χ1) is 19.9. The van der Waals surface area contributed by atoms with Crippen molar-refractivity contribution in [2.24, 2.45) is 5.92 Å². The van der Waals surface area contributed by atoms with Crippen LogP contribution in [0.4, 0.5) is 0 Å². The van der Waals surface area contributed by atoms with E-state index in [0.29, 0.717) is 12.3 Å². The molecule has 8 heteroatoms. The molecule has 0 radical (unpaired) electrons. The molecule has 0 amide bonds. The van der Waals surface area contributed by atoms with Crippen LogP contribution in [-0.4, -0.2) is 28.3 Å². The van der Waals surface area contributed by atoms with Crippen LogP contribution in [0.3, 0.4) is 0 Å². The van der Waals surface area contributed by atoms with Crippen molar-refractivity contribution in [2.45, 2.75) is 160 Å². The zero-order chi connectivity index (χ0) is 30.2. The Labute approximate surface area is 257 Å². The third-order valence-electron chi connectivity index (χ3n) is 7.51. The lowest BCUT2D eigenvalue weighted by molar-refractivity contribution is -0.259. The number of thiol groups is 1. The molecule has 0 fully saturated rings. The Morgan fingerprint density at radius 3 is 1.85 bits per heavy atom. The first-order valence-electron chi connectivity index (χ1n) is 16.2. The average Bonchev–Trinajstić information content (AvgIpc) is 2.98. The van der Waals surface area contributed by atoms with Gasteiger partial charge >= 0.3 is 11.5 Å². The van der Waals surface area contributed by atoms with E-state index in [0.717, 1.165) is 24.8 Å². The minimum atomic E-state index is -2.64. The Kier molecular flexibility index (Phi) is 22.7. The largest absolute Gasteiger partial charge is 0.456 e. The molecule has 41 heavy (non-hydrogen) atoms. The Morgan fingerprint density at radius 1 is 0.854 bits per heavy atom. The van der Waals surface area contributed by atoms with Crippen molar-refractivity contribution in [1.29, 1.82) is 0 Å². The fourth-order valence-corrected chi connectivity index (χ4v) is 5.72. The maximum Gasteiger partial charge on any atom is 0.380 e. The van der Waals surface area contributed by atoms with E-state index in [1.165, 1.54) is 89.9 Å². The smallest absolute Gasteiger partial charge is 0.380 e. The quantitative estimate of drug-likeness (QED) is 0.0338. The minimum absolute atomic E-state index is 0.0630. The second-order valence-electron chi connectivity index (χ2n) is 11.2. The molecule has 0 aromatic heterocycles. The molecule has 1 aromatic carbocycles. The van der Waals surface area contributed by atoms with E-state index in [4.69, 9.17) is 26.8 Å². The van der Waals surface area contributed by atoms with Crippen LogP contribution in [0.25, 0.3) is 0 Å². The number of benzene rings is 1. The highest BCUT2D eigenvalue weighted by molar-refractivity contribution is 7.80. The van der Waals surface area contributed by atoms with Crippen LogP contribution in [0.5, 0.6) is 0 Å².